The molecular formula is C43H58N8O9. The average molecular weight is 831 g/mol. The lowest BCUT2D eigenvalue weighted by Gasteiger charge is -2.14. The van der Waals surface area contributed by atoms with E-state index in [0.717, 1.165) is 68.8 Å². The molecule has 2 fully saturated rings. The predicted molar refractivity (Wildman–Crippen MR) is 229 cm³/mol. The standard InChI is InChI=1S/C21H14N4O3.2C8H14N2O3.2C3H8/c26-18-5-14(17-8-23-11-25-17)6-19-20(18)21(27)15(9-28-19)12-1-3-13(4-2-12)16-7-22-10-24-16;2*1-13-8(12)9-6-7(11)10-4-2-3-5-10;2*1-3-2/h1-11,26H,(H,22,24)(H,23,25);2*2-6H2,1H3,(H,9,12);2*3H2,1-2H3. The van der Waals surface area contributed by atoms with Gasteiger partial charge in [-0.25, -0.2) is 19.6 Å². The molecule has 17 heteroatoms. The Kier molecular flexibility index (Phi) is 20.4. The monoisotopic (exact) mass is 830 g/mol. The number of amides is 4. The molecule has 7 rings (SSSR count). The van der Waals surface area contributed by atoms with Gasteiger partial charge in [0.05, 0.1) is 56.2 Å². The zero-order chi connectivity index (χ0) is 43.9. The van der Waals surface area contributed by atoms with Gasteiger partial charge in [-0.05, 0) is 48.9 Å². The minimum atomic E-state index is -0.562. The Labute approximate surface area is 349 Å². The molecule has 3 aromatic heterocycles. The highest BCUT2D eigenvalue weighted by Gasteiger charge is 2.19. The molecule has 2 aromatic carbocycles. The van der Waals surface area contributed by atoms with Crippen LogP contribution < -0.4 is 16.1 Å². The summed E-state index contributed by atoms with van der Waals surface area (Å²) in [5.74, 6) is -0.211. The molecule has 60 heavy (non-hydrogen) atoms. The number of methoxy groups -OCH3 is 2. The molecule has 5 N–H and O–H groups in total. The van der Waals surface area contributed by atoms with E-state index in [9.17, 15) is 29.1 Å². The van der Waals surface area contributed by atoms with Gasteiger partial charge in [0, 0.05) is 31.7 Å². The average Bonchev–Trinajstić information content (AvgIpc) is 4.12. The summed E-state index contributed by atoms with van der Waals surface area (Å²) in [7, 11) is 2.55. The second kappa shape index (κ2) is 25.7. The number of rotatable bonds is 7. The van der Waals surface area contributed by atoms with Crippen molar-refractivity contribution in [3.8, 4) is 39.4 Å². The van der Waals surface area contributed by atoms with Crippen LogP contribution in [0.2, 0.25) is 0 Å². The Balaban J connectivity index is 0.000000252. The Hall–Kier alpha value is -6.65. The van der Waals surface area contributed by atoms with Gasteiger partial charge >= 0.3 is 12.2 Å². The van der Waals surface area contributed by atoms with E-state index in [1.807, 2.05) is 24.3 Å². The van der Waals surface area contributed by atoms with Crippen molar-refractivity contribution in [1.82, 2.24) is 40.4 Å². The van der Waals surface area contributed by atoms with Crippen LogP contribution in [0.25, 0.3) is 44.6 Å². The van der Waals surface area contributed by atoms with Crippen LogP contribution in [0, 0.1) is 0 Å². The van der Waals surface area contributed by atoms with Crippen LogP contribution in [0.15, 0.2) is 76.9 Å². The van der Waals surface area contributed by atoms with Crippen molar-refractivity contribution in [1.29, 1.82) is 0 Å². The first-order valence-corrected chi connectivity index (χ1v) is 20.1. The summed E-state index contributed by atoms with van der Waals surface area (Å²) in [6.07, 6.45) is 13.6. The Morgan fingerprint density at radius 3 is 1.57 bits per heavy atom. The van der Waals surface area contributed by atoms with Gasteiger partial charge in [0.2, 0.25) is 17.2 Å². The number of benzene rings is 2. The van der Waals surface area contributed by atoms with E-state index in [1.54, 1.807) is 40.9 Å². The van der Waals surface area contributed by atoms with Gasteiger partial charge in [-0.2, -0.15) is 0 Å². The van der Waals surface area contributed by atoms with Gasteiger partial charge in [-0.1, -0.05) is 64.8 Å². The van der Waals surface area contributed by atoms with E-state index < -0.39 is 12.2 Å². The SMILES string of the molecule is CCC.CCC.COC(=O)NCC(=O)N1CCCC1.COC(=O)NCC(=O)N1CCCC1.O=c1c(-c2ccc(-c3cnc[nH]3)cc2)coc2cc(-c3cnc[nH]3)cc(O)c12. The third-order valence-electron chi connectivity index (χ3n) is 8.73. The predicted octanol–water partition coefficient (Wildman–Crippen LogP) is 6.71. The molecule has 4 amide bonds. The Morgan fingerprint density at radius 1 is 0.717 bits per heavy atom. The van der Waals surface area contributed by atoms with E-state index >= 15 is 0 Å². The number of carbonyl (C=O) groups excluding carboxylic acids is 4. The number of ether oxygens (including phenoxy) is 2. The van der Waals surface area contributed by atoms with E-state index in [-0.39, 0.29) is 41.5 Å². The number of carbonyl (C=O) groups is 4. The molecule has 5 heterocycles. The van der Waals surface area contributed by atoms with Crippen LogP contribution in [0.1, 0.15) is 66.2 Å². The van der Waals surface area contributed by atoms with Crippen molar-refractivity contribution in [3.05, 3.63) is 77.9 Å². The number of hydrogen-bond donors (Lipinski definition) is 5. The fourth-order valence-electron chi connectivity index (χ4n) is 5.84. The molecule has 0 bridgehead atoms. The molecule has 2 aliphatic heterocycles. The van der Waals surface area contributed by atoms with Crippen LogP contribution in [-0.2, 0) is 19.1 Å². The number of fused-ring (bicyclic) bond motifs is 1. The summed E-state index contributed by atoms with van der Waals surface area (Å²) in [6, 6.07) is 10.7. The van der Waals surface area contributed by atoms with Gasteiger partial charge in [0.1, 0.15) is 36.1 Å². The number of imidazole rings is 2. The van der Waals surface area contributed by atoms with Gasteiger partial charge in [-0.15, -0.1) is 0 Å². The summed E-state index contributed by atoms with van der Waals surface area (Å²) in [5.41, 5.74) is 4.36. The lowest BCUT2D eigenvalue weighted by molar-refractivity contribution is -0.129. The molecular weight excluding hydrogens is 773 g/mol. The maximum absolute atomic E-state index is 13.0. The minimum Gasteiger partial charge on any atom is -0.507 e. The number of hydrogen-bond acceptors (Lipinski definition) is 11. The fraction of sp³-hybridized carbons (Fsp3) is 0.419. The molecule has 0 saturated carbocycles. The number of aromatic nitrogens is 4. The highest BCUT2D eigenvalue weighted by Crippen LogP contribution is 2.31. The van der Waals surface area contributed by atoms with Crippen LogP contribution in [0.3, 0.4) is 0 Å². The van der Waals surface area contributed by atoms with E-state index in [0.29, 0.717) is 22.3 Å². The maximum atomic E-state index is 13.0. The van der Waals surface area contributed by atoms with Crippen molar-refractivity contribution in [2.75, 3.05) is 53.5 Å². The Morgan fingerprint density at radius 2 is 1.15 bits per heavy atom. The molecule has 2 aliphatic rings. The Bertz CT molecular complexity index is 2060. The van der Waals surface area contributed by atoms with Crippen molar-refractivity contribution < 1.29 is 38.2 Å². The van der Waals surface area contributed by atoms with Crippen molar-refractivity contribution in [2.45, 2.75) is 66.2 Å². The number of aromatic amines is 2. The first-order valence-electron chi connectivity index (χ1n) is 20.1. The first kappa shape index (κ1) is 47.7. The number of phenolic OH excluding ortho intramolecular Hbond substituents is 1. The number of phenols is 1. The second-order valence-electron chi connectivity index (χ2n) is 13.6. The van der Waals surface area contributed by atoms with Crippen LogP contribution in [0.4, 0.5) is 9.59 Å². The number of aromatic hydroxyl groups is 1. The van der Waals surface area contributed by atoms with Gasteiger partial charge in [0.25, 0.3) is 0 Å². The number of nitrogens with zero attached hydrogens (tertiary/aromatic N) is 4. The van der Waals surface area contributed by atoms with E-state index in [2.05, 4.69) is 67.7 Å². The summed E-state index contributed by atoms with van der Waals surface area (Å²) in [5, 5.41) is 15.3. The zero-order valence-electron chi connectivity index (χ0n) is 35.3. The summed E-state index contributed by atoms with van der Waals surface area (Å²) in [6.45, 7) is 11.8. The lowest BCUT2D eigenvalue weighted by Crippen LogP contribution is -2.38. The highest BCUT2D eigenvalue weighted by molar-refractivity contribution is 5.90. The normalized spacial score (nSPS) is 12.6. The smallest absolute Gasteiger partial charge is 0.407 e. The molecule has 0 spiro atoms. The topological polar surface area (TPSA) is 225 Å². The van der Waals surface area contributed by atoms with Crippen LogP contribution >= 0.6 is 0 Å². The van der Waals surface area contributed by atoms with Crippen LogP contribution in [-0.4, -0.2) is 112 Å². The van der Waals surface area contributed by atoms with Crippen LogP contribution in [0.5, 0.6) is 5.75 Å². The molecule has 0 aliphatic carbocycles. The molecule has 0 unspecified atom stereocenters. The molecule has 0 atom stereocenters. The lowest BCUT2D eigenvalue weighted by atomic mass is 10.0. The van der Waals surface area contributed by atoms with Crippen molar-refractivity contribution >= 4 is 35.0 Å². The van der Waals surface area contributed by atoms with E-state index in [4.69, 9.17) is 4.42 Å². The number of alkyl carbamates (subject to hydrolysis) is 2. The molecule has 0 radical (unpaired) electrons. The van der Waals surface area contributed by atoms with E-state index in [1.165, 1.54) is 39.4 Å². The number of nitrogens with one attached hydrogen (secondary N) is 4. The summed E-state index contributed by atoms with van der Waals surface area (Å²) < 4.78 is 14.4. The molecule has 5 aromatic rings. The second-order valence-corrected chi connectivity index (χ2v) is 13.6. The van der Waals surface area contributed by atoms with Crippen molar-refractivity contribution in [2.24, 2.45) is 0 Å². The third kappa shape index (κ3) is 14.6. The zero-order valence-corrected chi connectivity index (χ0v) is 35.3. The molecule has 324 valence electrons. The fourth-order valence-corrected chi connectivity index (χ4v) is 5.84. The van der Waals surface area contributed by atoms with Crippen molar-refractivity contribution in [3.63, 3.8) is 0 Å². The number of H-pyrrole nitrogens is 2. The summed E-state index contributed by atoms with van der Waals surface area (Å²) in [4.78, 5) is 74.4. The van der Waals surface area contributed by atoms with Gasteiger partial charge in [-0.3, -0.25) is 14.4 Å². The molecule has 2 saturated heterocycles. The highest BCUT2D eigenvalue weighted by atomic mass is 16.5. The third-order valence-corrected chi connectivity index (χ3v) is 8.73. The maximum Gasteiger partial charge on any atom is 0.407 e. The van der Waals surface area contributed by atoms with Gasteiger partial charge in [0.15, 0.2) is 0 Å². The largest absolute Gasteiger partial charge is 0.507 e. The van der Waals surface area contributed by atoms with Gasteiger partial charge < -0.3 is 49.4 Å². The quantitative estimate of drug-likeness (QED) is 0.116. The minimum absolute atomic E-state index is 0.0344. The molecule has 17 nitrogen and oxygen atoms in total. The first-order chi connectivity index (χ1) is 29.0. The summed E-state index contributed by atoms with van der Waals surface area (Å²) >= 11 is 0. The number of likely N-dealkylation sites (tertiary alicyclic amines) is 2.